The van der Waals surface area contributed by atoms with E-state index in [0.29, 0.717) is 35.7 Å². The van der Waals surface area contributed by atoms with Crippen LogP contribution in [0.25, 0.3) is 0 Å². The summed E-state index contributed by atoms with van der Waals surface area (Å²) in [5.41, 5.74) is 3.94. The Bertz CT molecular complexity index is 1120. The van der Waals surface area contributed by atoms with Crippen LogP contribution in [0, 0.1) is 31.0 Å². The molecular formula is C28H35FN4O2. The van der Waals surface area contributed by atoms with E-state index in [1.165, 1.54) is 31.5 Å². The van der Waals surface area contributed by atoms with E-state index < -0.39 is 0 Å². The number of nitrogens with zero attached hydrogens (tertiary/aromatic N) is 3. The molecule has 0 radical (unpaired) electrons. The van der Waals surface area contributed by atoms with Gasteiger partial charge in [-0.15, -0.1) is 0 Å². The molecular weight excluding hydrogens is 443 g/mol. The molecule has 2 amide bonds. The van der Waals surface area contributed by atoms with Crippen molar-refractivity contribution in [2.45, 2.75) is 65.5 Å². The predicted molar refractivity (Wildman–Crippen MR) is 134 cm³/mol. The van der Waals surface area contributed by atoms with E-state index in [2.05, 4.69) is 27.0 Å². The van der Waals surface area contributed by atoms with Crippen molar-refractivity contribution in [1.29, 1.82) is 0 Å². The lowest BCUT2D eigenvalue weighted by molar-refractivity contribution is -0.152. The van der Waals surface area contributed by atoms with Crippen molar-refractivity contribution in [3.05, 3.63) is 58.7 Å². The van der Waals surface area contributed by atoms with Gasteiger partial charge >= 0.3 is 0 Å². The van der Waals surface area contributed by atoms with Crippen LogP contribution in [0.3, 0.4) is 0 Å². The summed E-state index contributed by atoms with van der Waals surface area (Å²) in [7, 11) is 0. The van der Waals surface area contributed by atoms with Crippen molar-refractivity contribution in [1.82, 2.24) is 14.8 Å². The van der Waals surface area contributed by atoms with Gasteiger partial charge in [-0.3, -0.25) is 19.5 Å². The van der Waals surface area contributed by atoms with E-state index in [4.69, 9.17) is 0 Å². The molecule has 3 fully saturated rings. The van der Waals surface area contributed by atoms with Crippen molar-refractivity contribution < 1.29 is 14.0 Å². The lowest BCUT2D eigenvalue weighted by atomic mass is 9.51. The number of aryl methyl sites for hydroxylation is 1. The zero-order chi connectivity index (χ0) is 24.7. The quantitative estimate of drug-likeness (QED) is 0.676. The van der Waals surface area contributed by atoms with Gasteiger partial charge in [0.2, 0.25) is 5.91 Å². The largest absolute Gasteiger partial charge is 0.337 e. The Kier molecular flexibility index (Phi) is 6.38. The number of anilines is 1. The first kappa shape index (κ1) is 23.9. The van der Waals surface area contributed by atoms with Crippen LogP contribution in [0.15, 0.2) is 30.5 Å². The molecule has 2 aliphatic carbocycles. The van der Waals surface area contributed by atoms with Crippen LogP contribution in [0.2, 0.25) is 0 Å². The van der Waals surface area contributed by atoms with E-state index in [0.717, 1.165) is 42.8 Å². The highest BCUT2D eigenvalue weighted by Gasteiger charge is 2.51. The number of benzene rings is 1. The minimum atomic E-state index is -0.375. The molecule has 1 saturated heterocycles. The van der Waals surface area contributed by atoms with Crippen LogP contribution in [-0.2, 0) is 11.3 Å². The molecule has 1 aromatic heterocycles. The van der Waals surface area contributed by atoms with E-state index in [9.17, 15) is 14.0 Å². The molecule has 1 spiro atoms. The normalized spacial score (nSPS) is 21.9. The number of carbonyl (C=O) groups excluding carboxylic acids is 2. The summed E-state index contributed by atoms with van der Waals surface area (Å²) in [4.78, 5) is 34.2. The molecule has 2 saturated carbocycles. The molecule has 1 unspecified atom stereocenters. The first-order chi connectivity index (χ1) is 16.7. The van der Waals surface area contributed by atoms with Crippen molar-refractivity contribution in [3.63, 3.8) is 0 Å². The highest BCUT2D eigenvalue weighted by Crippen LogP contribution is 2.59. The monoisotopic (exact) mass is 478 g/mol. The maximum atomic E-state index is 14.5. The molecule has 5 rings (SSSR count). The van der Waals surface area contributed by atoms with Gasteiger partial charge < -0.3 is 10.2 Å². The molecule has 35 heavy (non-hydrogen) atoms. The Balaban J connectivity index is 1.21. The highest BCUT2D eigenvalue weighted by atomic mass is 19.1. The van der Waals surface area contributed by atoms with Crippen LogP contribution >= 0.6 is 0 Å². The fraction of sp³-hybridized carbons (Fsp3) is 0.536. The van der Waals surface area contributed by atoms with Gasteiger partial charge in [0, 0.05) is 55.7 Å². The molecule has 2 aromatic rings. The summed E-state index contributed by atoms with van der Waals surface area (Å²) in [6.45, 7) is 8.70. The van der Waals surface area contributed by atoms with Gasteiger partial charge in [0.15, 0.2) is 0 Å². The number of carbonyl (C=O) groups is 2. The lowest BCUT2D eigenvalue weighted by Crippen LogP contribution is -2.58. The second-order valence-electron chi connectivity index (χ2n) is 11.0. The molecule has 2 heterocycles. The first-order valence-electron chi connectivity index (χ1n) is 12.8. The Morgan fingerprint density at radius 2 is 1.94 bits per heavy atom. The van der Waals surface area contributed by atoms with Crippen molar-refractivity contribution >= 4 is 17.5 Å². The molecule has 186 valence electrons. The number of hydrogen-bond acceptors (Lipinski definition) is 4. The fourth-order valence-electron chi connectivity index (χ4n) is 6.05. The van der Waals surface area contributed by atoms with Crippen LogP contribution in [0.5, 0.6) is 0 Å². The minimum Gasteiger partial charge on any atom is -0.337 e. The number of hydrogen-bond donors (Lipinski definition) is 1. The summed E-state index contributed by atoms with van der Waals surface area (Å²) < 4.78 is 14.5. The second kappa shape index (κ2) is 9.34. The molecule has 1 atom stereocenters. The lowest BCUT2D eigenvalue weighted by Gasteiger charge is -2.55. The second-order valence-corrected chi connectivity index (χ2v) is 11.0. The van der Waals surface area contributed by atoms with Gasteiger partial charge in [-0.2, -0.15) is 0 Å². The predicted octanol–water partition coefficient (Wildman–Crippen LogP) is 4.70. The smallest absolute Gasteiger partial charge is 0.257 e. The van der Waals surface area contributed by atoms with E-state index in [-0.39, 0.29) is 23.7 Å². The summed E-state index contributed by atoms with van der Waals surface area (Å²) in [6, 6.07) is 6.54. The van der Waals surface area contributed by atoms with Crippen LogP contribution < -0.4 is 5.32 Å². The fourth-order valence-corrected chi connectivity index (χ4v) is 6.05. The van der Waals surface area contributed by atoms with Gasteiger partial charge in [-0.05, 0) is 87.3 Å². The molecule has 0 bridgehead atoms. The van der Waals surface area contributed by atoms with Crippen LogP contribution in [0.4, 0.5) is 10.1 Å². The van der Waals surface area contributed by atoms with Crippen LogP contribution in [-0.4, -0.2) is 52.3 Å². The van der Waals surface area contributed by atoms with E-state index in [1.54, 1.807) is 18.2 Å². The maximum absolute atomic E-state index is 14.5. The van der Waals surface area contributed by atoms with E-state index in [1.807, 2.05) is 13.8 Å². The van der Waals surface area contributed by atoms with Gasteiger partial charge in [-0.1, -0.05) is 6.42 Å². The topological polar surface area (TPSA) is 65.5 Å². The molecule has 1 N–H and O–H groups in total. The summed E-state index contributed by atoms with van der Waals surface area (Å²) in [5.74, 6) is -0.144. The first-order valence-corrected chi connectivity index (χ1v) is 12.8. The third-order valence-corrected chi connectivity index (χ3v) is 8.41. The number of pyridine rings is 1. The Morgan fingerprint density at radius 1 is 1.17 bits per heavy atom. The van der Waals surface area contributed by atoms with E-state index >= 15 is 0 Å². The zero-order valence-corrected chi connectivity index (χ0v) is 20.9. The van der Waals surface area contributed by atoms with Gasteiger partial charge in [-0.25, -0.2) is 4.39 Å². The third kappa shape index (κ3) is 4.83. The van der Waals surface area contributed by atoms with Gasteiger partial charge in [0.1, 0.15) is 5.82 Å². The SMILES string of the molecule is Cc1ccc(C(=O)Nc2cc(F)cc(CN3CCN(C(=O)C4CC5(CCC5)C4)C(C)C3)c2C)cn1. The summed E-state index contributed by atoms with van der Waals surface area (Å²) >= 11 is 0. The molecule has 1 aliphatic heterocycles. The third-order valence-electron chi connectivity index (χ3n) is 8.41. The summed E-state index contributed by atoms with van der Waals surface area (Å²) in [6.07, 6.45) is 7.61. The minimum absolute atomic E-state index is 0.135. The number of halogens is 1. The molecule has 6 nitrogen and oxygen atoms in total. The Labute approximate surface area is 206 Å². The number of piperazine rings is 1. The van der Waals surface area contributed by atoms with Crippen LogP contribution in [0.1, 0.15) is 66.2 Å². The molecule has 7 heteroatoms. The molecule has 3 aliphatic rings. The van der Waals surface area contributed by atoms with Crippen molar-refractivity contribution in [2.24, 2.45) is 11.3 Å². The van der Waals surface area contributed by atoms with Gasteiger partial charge in [0.05, 0.1) is 5.56 Å². The number of nitrogens with one attached hydrogen (secondary N) is 1. The number of rotatable bonds is 5. The average Bonchev–Trinajstić information content (AvgIpc) is 2.75. The molecule has 1 aromatic carbocycles. The summed E-state index contributed by atoms with van der Waals surface area (Å²) in [5, 5.41) is 2.85. The standard InChI is InChI=1S/C28H35FN4O2/c1-18-5-6-21(15-30-18)26(34)31-25-12-24(29)11-22(20(25)3)17-32-9-10-33(19(2)16-32)27(35)23-13-28(14-23)7-4-8-28/h5-6,11-12,15,19,23H,4,7-10,13-14,16-17H2,1-3H3,(H,31,34). The zero-order valence-electron chi connectivity index (χ0n) is 20.9. The van der Waals surface area contributed by atoms with Crippen molar-refractivity contribution in [2.75, 3.05) is 25.0 Å². The maximum Gasteiger partial charge on any atom is 0.257 e. The van der Waals surface area contributed by atoms with Crippen molar-refractivity contribution in [3.8, 4) is 0 Å². The Morgan fingerprint density at radius 3 is 2.57 bits per heavy atom. The highest BCUT2D eigenvalue weighted by molar-refractivity contribution is 6.04. The van der Waals surface area contributed by atoms with Gasteiger partial charge in [0.25, 0.3) is 5.91 Å². The number of amides is 2. The Hall–Kier alpha value is -2.80. The average molecular weight is 479 g/mol. The number of aromatic nitrogens is 1.